The van der Waals surface area contributed by atoms with E-state index in [1.165, 1.54) is 0 Å². The quantitative estimate of drug-likeness (QED) is 0.464. The van der Waals surface area contributed by atoms with E-state index in [1.807, 2.05) is 12.5 Å². The number of rotatable bonds is 0. The Balaban J connectivity index is 0. The van der Waals surface area contributed by atoms with E-state index in [-0.39, 0.29) is 0 Å². The minimum Gasteiger partial charge on any atom is -0.443 e. The molecule has 0 aromatic rings. The first kappa shape index (κ1) is 9.16. The molecule has 0 bridgehead atoms. The maximum absolute atomic E-state index is 6.88. The second-order valence-corrected chi connectivity index (χ2v) is 1.32. The zero-order valence-electron chi connectivity index (χ0n) is 3.80. The van der Waals surface area contributed by atoms with Crippen LogP contribution in [0.3, 0.4) is 0 Å². The van der Waals surface area contributed by atoms with Crippen molar-refractivity contribution in [2.45, 2.75) is 0 Å². The van der Waals surface area contributed by atoms with Crippen LogP contribution < -0.4 is 0 Å². The van der Waals surface area contributed by atoms with Gasteiger partial charge in [0.15, 0.2) is 0 Å². The van der Waals surface area contributed by atoms with Crippen LogP contribution in [0.5, 0.6) is 0 Å². The summed E-state index contributed by atoms with van der Waals surface area (Å²) in [5.41, 5.74) is 0. The highest BCUT2D eigenvalue weighted by molar-refractivity contribution is 7.97. The van der Waals surface area contributed by atoms with E-state index in [4.69, 9.17) is 10.4 Å². The summed E-state index contributed by atoms with van der Waals surface area (Å²) in [4.78, 5) is 0. The van der Waals surface area contributed by atoms with Gasteiger partial charge in [0.05, 0.1) is 0 Å². The second kappa shape index (κ2) is 22.9. The van der Waals surface area contributed by atoms with Crippen LogP contribution in [0.25, 0.3) is 0 Å². The third kappa shape index (κ3) is 196. The Labute approximate surface area is 41.8 Å². The molecular weight excluding hydrogens is 98.1 g/mol. The lowest BCUT2D eigenvalue weighted by molar-refractivity contribution is 0.503. The van der Waals surface area contributed by atoms with Crippen LogP contribution >= 0.6 is 11.8 Å². The number of nitrogens with zero attached hydrogens (tertiary/aromatic N) is 1. The number of aliphatic hydroxyl groups excluding tert-OH is 1. The molecule has 6 heavy (non-hydrogen) atoms. The predicted molar refractivity (Wildman–Crippen MR) is 27.0 cm³/mol. The maximum atomic E-state index is 6.88. The van der Waals surface area contributed by atoms with Gasteiger partial charge in [0.2, 0.25) is 0 Å². The largest absolute Gasteiger partial charge is 0.443 e. The molecule has 0 fully saturated rings. The van der Waals surface area contributed by atoms with Crippen LogP contribution in [0, 0.1) is 11.5 Å². The SMILES string of the molecule is CSC.N#CO. The van der Waals surface area contributed by atoms with Crippen molar-refractivity contribution in [3.8, 4) is 6.26 Å². The van der Waals surface area contributed by atoms with Gasteiger partial charge < -0.3 is 5.11 Å². The first-order valence-electron chi connectivity index (χ1n) is 1.26. The second-order valence-electron chi connectivity index (χ2n) is 0.508. The lowest BCUT2D eigenvalue weighted by Crippen LogP contribution is -1.27. The topological polar surface area (TPSA) is 44.0 Å². The van der Waals surface area contributed by atoms with Gasteiger partial charge in [-0.25, -0.2) is 0 Å². The van der Waals surface area contributed by atoms with E-state index >= 15 is 0 Å². The minimum atomic E-state index is 0.750. The van der Waals surface area contributed by atoms with Crippen molar-refractivity contribution in [2.75, 3.05) is 12.5 Å². The number of hydrogen-bond acceptors (Lipinski definition) is 3. The van der Waals surface area contributed by atoms with Crippen LogP contribution in [-0.4, -0.2) is 17.6 Å². The fourth-order valence-electron chi connectivity index (χ4n) is 0. The molecule has 2 nitrogen and oxygen atoms in total. The Hall–Kier alpha value is -0.360. The van der Waals surface area contributed by atoms with Crippen molar-refractivity contribution < 1.29 is 5.11 Å². The molecule has 0 saturated heterocycles. The summed E-state index contributed by atoms with van der Waals surface area (Å²) in [6, 6.07) is 0. The molecule has 0 aliphatic carbocycles. The van der Waals surface area contributed by atoms with E-state index < -0.39 is 0 Å². The molecule has 0 radical (unpaired) electrons. The van der Waals surface area contributed by atoms with Gasteiger partial charge in [0.1, 0.15) is 0 Å². The average Bonchev–Trinajstić information content (AvgIpc) is 1.39. The van der Waals surface area contributed by atoms with Crippen LogP contribution in [-0.2, 0) is 0 Å². The molecule has 0 amide bonds. The highest BCUT2D eigenvalue weighted by Crippen LogP contribution is 1.70. The molecule has 0 heterocycles. The first-order chi connectivity index (χ1) is 2.83. The van der Waals surface area contributed by atoms with E-state index in [2.05, 4.69) is 0 Å². The molecule has 0 aromatic carbocycles. The van der Waals surface area contributed by atoms with Crippen molar-refractivity contribution in [2.24, 2.45) is 0 Å². The average molecular weight is 105 g/mol. The number of thioether (sulfide) groups is 1. The summed E-state index contributed by atoms with van der Waals surface area (Å²) in [6.07, 6.45) is 4.83. The summed E-state index contributed by atoms with van der Waals surface area (Å²) < 4.78 is 0. The summed E-state index contributed by atoms with van der Waals surface area (Å²) in [7, 11) is 0. The highest BCUT2D eigenvalue weighted by Gasteiger charge is 1.32. The molecule has 1 N–H and O–H groups in total. The van der Waals surface area contributed by atoms with E-state index in [1.54, 1.807) is 11.8 Å². The van der Waals surface area contributed by atoms with Crippen LogP contribution in [0.4, 0.5) is 0 Å². The van der Waals surface area contributed by atoms with Gasteiger partial charge in [-0.2, -0.15) is 17.0 Å². The molecule has 0 aliphatic rings. The fraction of sp³-hybridized carbons (Fsp3) is 0.667. The molecule has 3 heteroatoms. The summed E-state index contributed by atoms with van der Waals surface area (Å²) in [5.74, 6) is 0. The molecule has 36 valence electrons. The molecule has 0 spiro atoms. The number of nitriles is 1. The fourth-order valence-corrected chi connectivity index (χ4v) is 0. The Morgan fingerprint density at radius 1 is 1.67 bits per heavy atom. The van der Waals surface area contributed by atoms with Gasteiger partial charge in [-0.3, -0.25) is 0 Å². The Morgan fingerprint density at radius 3 is 1.67 bits per heavy atom. The van der Waals surface area contributed by atoms with Gasteiger partial charge in [0.25, 0.3) is 6.26 Å². The van der Waals surface area contributed by atoms with Crippen molar-refractivity contribution >= 4 is 11.8 Å². The Bertz CT molecular complexity index is 40.5. The zero-order valence-corrected chi connectivity index (χ0v) is 4.62. The van der Waals surface area contributed by atoms with Gasteiger partial charge in [-0.05, 0) is 12.5 Å². The third-order valence-corrected chi connectivity index (χ3v) is 0. The van der Waals surface area contributed by atoms with Crippen LogP contribution in [0.15, 0.2) is 0 Å². The monoisotopic (exact) mass is 105 g/mol. The molecule has 0 atom stereocenters. The molecular formula is C3H7NOS. The number of aliphatic hydroxyl groups is 1. The van der Waals surface area contributed by atoms with Crippen LogP contribution in [0.2, 0.25) is 0 Å². The lowest BCUT2D eigenvalue weighted by atomic mass is 11.6. The predicted octanol–water partition coefficient (Wildman–Crippen LogP) is 0.819. The van der Waals surface area contributed by atoms with Crippen molar-refractivity contribution in [1.82, 2.24) is 0 Å². The summed E-state index contributed by atoms with van der Waals surface area (Å²) in [5, 5.41) is 13.8. The smallest absolute Gasteiger partial charge is 0.283 e. The highest BCUT2D eigenvalue weighted by atomic mass is 32.2. The standard InChI is InChI=1S/C2H6S.CHNO/c1-3-2;2-1-3/h1-2H3;3H. The third-order valence-electron chi connectivity index (χ3n) is 0. The summed E-state index contributed by atoms with van der Waals surface area (Å²) >= 11 is 1.75. The van der Waals surface area contributed by atoms with Gasteiger partial charge in [-0.15, -0.1) is 0 Å². The molecule has 0 saturated carbocycles. The van der Waals surface area contributed by atoms with E-state index in [9.17, 15) is 0 Å². The molecule has 0 aromatic heterocycles. The van der Waals surface area contributed by atoms with Gasteiger partial charge >= 0.3 is 0 Å². The molecule has 0 unspecified atom stereocenters. The maximum Gasteiger partial charge on any atom is 0.283 e. The van der Waals surface area contributed by atoms with Crippen molar-refractivity contribution in [3.63, 3.8) is 0 Å². The van der Waals surface area contributed by atoms with E-state index in [0.717, 1.165) is 6.26 Å². The summed E-state index contributed by atoms with van der Waals surface area (Å²) in [6.45, 7) is 0. The normalized spacial score (nSPS) is 4.17. The van der Waals surface area contributed by atoms with E-state index in [0.29, 0.717) is 0 Å². The first-order valence-corrected chi connectivity index (χ1v) is 2.90. The van der Waals surface area contributed by atoms with Gasteiger partial charge in [0, 0.05) is 0 Å². The Kier molecular flexibility index (Phi) is 34.9. The lowest BCUT2D eigenvalue weighted by Gasteiger charge is -1.51. The van der Waals surface area contributed by atoms with Gasteiger partial charge in [-0.1, -0.05) is 0 Å². The molecule has 0 aliphatic heterocycles. The van der Waals surface area contributed by atoms with Crippen molar-refractivity contribution in [3.05, 3.63) is 0 Å². The molecule has 0 rings (SSSR count). The minimum absolute atomic E-state index is 0.750. The number of hydrogen-bond donors (Lipinski definition) is 1. The zero-order chi connectivity index (χ0) is 5.41. The van der Waals surface area contributed by atoms with Crippen LogP contribution in [0.1, 0.15) is 0 Å². The Morgan fingerprint density at radius 2 is 1.67 bits per heavy atom. The van der Waals surface area contributed by atoms with Crippen molar-refractivity contribution in [1.29, 1.82) is 5.26 Å².